The number of β-amino-alcohol motifs (C(OH)–C–C–N with tert-alkyl or cyclic N) is 1. The Hall–Kier alpha value is -1.95. The summed E-state index contributed by atoms with van der Waals surface area (Å²) < 4.78 is 5.89. The Bertz CT molecular complexity index is 702. The van der Waals surface area contributed by atoms with E-state index in [1.54, 1.807) is 0 Å². The first-order chi connectivity index (χ1) is 14.2. The molecule has 1 aromatic heterocycles. The number of hydrogen-bond acceptors (Lipinski definition) is 5. The Labute approximate surface area is 175 Å². The minimum absolute atomic E-state index is 0.343. The second-order valence-corrected chi connectivity index (χ2v) is 8.14. The van der Waals surface area contributed by atoms with Crippen LogP contribution in [0.2, 0.25) is 0 Å². The molecular weight excluding hydrogens is 362 g/mol. The molecule has 0 bridgehead atoms. The Morgan fingerprint density at radius 2 is 1.93 bits per heavy atom. The van der Waals surface area contributed by atoms with Crippen LogP contribution in [-0.2, 0) is 13.0 Å². The minimum Gasteiger partial charge on any atom is -0.491 e. The topological polar surface area (TPSA) is 48.8 Å². The van der Waals surface area contributed by atoms with Gasteiger partial charge in [0.1, 0.15) is 18.5 Å². The standard InChI is InChI=1S/C24H35N3O2/c1-26(16-12-22-10-4-5-13-25-22)18-21-9-8-11-24(17-21)29-20-23(28)19-27-14-6-2-3-7-15-27/h4-5,8-11,13,17,23,28H,2-3,6-7,12,14-16,18-20H2,1H3/t23-/m0/s1. The van der Waals surface area contributed by atoms with Crippen LogP contribution in [0.5, 0.6) is 5.75 Å². The van der Waals surface area contributed by atoms with Crippen LogP contribution in [0.3, 0.4) is 0 Å². The first kappa shape index (κ1) is 21.8. The molecule has 0 spiro atoms. The van der Waals surface area contributed by atoms with Crippen LogP contribution in [0.1, 0.15) is 36.9 Å². The molecule has 0 radical (unpaired) electrons. The summed E-state index contributed by atoms with van der Waals surface area (Å²) in [7, 11) is 2.13. The van der Waals surface area contributed by atoms with E-state index in [0.29, 0.717) is 13.2 Å². The van der Waals surface area contributed by atoms with Crippen LogP contribution < -0.4 is 4.74 Å². The van der Waals surface area contributed by atoms with Crippen LogP contribution in [-0.4, -0.2) is 65.8 Å². The van der Waals surface area contributed by atoms with Crippen molar-refractivity contribution in [3.05, 3.63) is 59.9 Å². The van der Waals surface area contributed by atoms with E-state index in [9.17, 15) is 5.11 Å². The third kappa shape index (κ3) is 8.13. The monoisotopic (exact) mass is 397 g/mol. The Morgan fingerprint density at radius 1 is 1.10 bits per heavy atom. The van der Waals surface area contributed by atoms with E-state index in [1.165, 1.54) is 31.2 Å². The van der Waals surface area contributed by atoms with Gasteiger partial charge in [0.15, 0.2) is 0 Å². The highest BCUT2D eigenvalue weighted by molar-refractivity contribution is 5.28. The van der Waals surface area contributed by atoms with Crippen LogP contribution >= 0.6 is 0 Å². The van der Waals surface area contributed by atoms with Crippen LogP contribution in [0.4, 0.5) is 0 Å². The third-order valence-corrected chi connectivity index (χ3v) is 5.44. The zero-order valence-electron chi connectivity index (χ0n) is 17.7. The highest BCUT2D eigenvalue weighted by atomic mass is 16.5. The lowest BCUT2D eigenvalue weighted by molar-refractivity contribution is 0.0693. The number of aliphatic hydroxyl groups is 1. The number of rotatable bonds is 10. The fourth-order valence-electron chi connectivity index (χ4n) is 3.84. The SMILES string of the molecule is CN(CCc1ccccn1)Cc1cccc(OC[C@@H](O)CN2CCCCCC2)c1. The number of aliphatic hydroxyl groups excluding tert-OH is 1. The molecule has 1 saturated heterocycles. The molecule has 2 aromatic rings. The summed E-state index contributed by atoms with van der Waals surface area (Å²) in [6.07, 6.45) is 7.44. The van der Waals surface area contributed by atoms with Crippen molar-refractivity contribution in [1.82, 2.24) is 14.8 Å². The van der Waals surface area contributed by atoms with Gasteiger partial charge in [0.05, 0.1) is 0 Å². The second kappa shape index (κ2) is 11.9. The lowest BCUT2D eigenvalue weighted by Gasteiger charge is -2.23. The molecule has 1 N–H and O–H groups in total. The average molecular weight is 398 g/mol. The van der Waals surface area contributed by atoms with E-state index in [4.69, 9.17) is 4.74 Å². The van der Waals surface area contributed by atoms with Crippen molar-refractivity contribution in [2.24, 2.45) is 0 Å². The van der Waals surface area contributed by atoms with Crippen molar-refractivity contribution in [2.75, 3.05) is 39.8 Å². The quantitative estimate of drug-likeness (QED) is 0.666. The van der Waals surface area contributed by atoms with E-state index in [1.807, 2.05) is 30.5 Å². The summed E-state index contributed by atoms with van der Waals surface area (Å²) in [4.78, 5) is 9.05. The molecule has 3 rings (SSSR count). The Balaban J connectivity index is 1.41. The predicted octanol–water partition coefficient (Wildman–Crippen LogP) is 3.37. The lowest BCUT2D eigenvalue weighted by atomic mass is 10.2. The maximum Gasteiger partial charge on any atom is 0.119 e. The molecule has 0 saturated carbocycles. The molecule has 5 nitrogen and oxygen atoms in total. The average Bonchev–Trinajstić information content (AvgIpc) is 3.00. The molecule has 1 atom stereocenters. The van der Waals surface area contributed by atoms with Crippen LogP contribution in [0.25, 0.3) is 0 Å². The van der Waals surface area contributed by atoms with Gasteiger partial charge < -0.3 is 19.6 Å². The second-order valence-electron chi connectivity index (χ2n) is 8.14. The lowest BCUT2D eigenvalue weighted by Crippen LogP contribution is -2.36. The zero-order valence-corrected chi connectivity index (χ0v) is 17.7. The molecule has 0 aliphatic carbocycles. The van der Waals surface area contributed by atoms with Crippen LogP contribution in [0, 0.1) is 0 Å². The largest absolute Gasteiger partial charge is 0.491 e. The molecule has 0 amide bonds. The van der Waals surface area contributed by atoms with E-state index in [-0.39, 0.29) is 0 Å². The summed E-state index contributed by atoms with van der Waals surface area (Å²) in [5.41, 5.74) is 2.34. The number of benzene rings is 1. The van der Waals surface area contributed by atoms with Crippen molar-refractivity contribution < 1.29 is 9.84 Å². The van der Waals surface area contributed by atoms with Gasteiger partial charge in [-0.05, 0) is 62.8 Å². The fraction of sp³-hybridized carbons (Fsp3) is 0.542. The minimum atomic E-state index is -0.446. The first-order valence-corrected chi connectivity index (χ1v) is 10.9. The highest BCUT2D eigenvalue weighted by Gasteiger charge is 2.14. The number of likely N-dealkylation sites (tertiary alicyclic amines) is 1. The Kier molecular flexibility index (Phi) is 8.93. The van der Waals surface area contributed by atoms with E-state index < -0.39 is 6.10 Å². The maximum absolute atomic E-state index is 10.4. The van der Waals surface area contributed by atoms with Crippen LogP contribution in [0.15, 0.2) is 48.7 Å². The van der Waals surface area contributed by atoms with Gasteiger partial charge in [0.25, 0.3) is 0 Å². The first-order valence-electron chi connectivity index (χ1n) is 10.9. The Morgan fingerprint density at radius 3 is 2.69 bits per heavy atom. The molecule has 1 aliphatic heterocycles. The maximum atomic E-state index is 10.4. The molecule has 1 aliphatic rings. The van der Waals surface area contributed by atoms with Gasteiger partial charge in [-0.3, -0.25) is 4.98 Å². The van der Waals surface area contributed by atoms with Crippen molar-refractivity contribution in [3.8, 4) is 5.75 Å². The molecule has 158 valence electrons. The van der Waals surface area contributed by atoms with Gasteiger partial charge in [-0.15, -0.1) is 0 Å². The van der Waals surface area contributed by atoms with Crippen molar-refractivity contribution in [3.63, 3.8) is 0 Å². The number of nitrogens with zero attached hydrogens (tertiary/aromatic N) is 3. The summed E-state index contributed by atoms with van der Waals surface area (Å²) in [6.45, 7) is 5.05. The fourth-order valence-corrected chi connectivity index (χ4v) is 3.84. The van der Waals surface area contributed by atoms with Crippen molar-refractivity contribution >= 4 is 0 Å². The van der Waals surface area contributed by atoms with Gasteiger partial charge in [0, 0.05) is 37.9 Å². The van der Waals surface area contributed by atoms with Gasteiger partial charge >= 0.3 is 0 Å². The predicted molar refractivity (Wildman–Crippen MR) is 117 cm³/mol. The van der Waals surface area contributed by atoms with Gasteiger partial charge in [-0.25, -0.2) is 0 Å². The smallest absolute Gasteiger partial charge is 0.119 e. The number of pyridine rings is 1. The van der Waals surface area contributed by atoms with Crippen molar-refractivity contribution in [1.29, 1.82) is 0 Å². The molecule has 5 heteroatoms. The number of likely N-dealkylation sites (N-methyl/N-ethyl adjacent to an activating group) is 1. The normalized spacial score (nSPS) is 16.5. The number of hydrogen-bond donors (Lipinski definition) is 1. The van der Waals surface area contributed by atoms with E-state index >= 15 is 0 Å². The van der Waals surface area contributed by atoms with Gasteiger partial charge in [-0.1, -0.05) is 31.0 Å². The molecule has 29 heavy (non-hydrogen) atoms. The molecular formula is C24H35N3O2. The van der Waals surface area contributed by atoms with Gasteiger partial charge in [0.2, 0.25) is 0 Å². The van der Waals surface area contributed by atoms with E-state index in [0.717, 1.165) is 44.0 Å². The molecule has 2 heterocycles. The summed E-state index contributed by atoms with van der Waals surface area (Å²) in [5, 5.41) is 10.4. The molecule has 1 fully saturated rings. The molecule has 0 unspecified atom stereocenters. The zero-order chi connectivity index (χ0) is 20.3. The number of aromatic nitrogens is 1. The summed E-state index contributed by atoms with van der Waals surface area (Å²) >= 11 is 0. The summed E-state index contributed by atoms with van der Waals surface area (Å²) in [6, 6.07) is 14.2. The number of ether oxygens (including phenoxy) is 1. The summed E-state index contributed by atoms with van der Waals surface area (Å²) in [5.74, 6) is 0.829. The molecule has 1 aromatic carbocycles. The highest BCUT2D eigenvalue weighted by Crippen LogP contribution is 2.16. The van der Waals surface area contributed by atoms with E-state index in [2.05, 4.69) is 40.0 Å². The third-order valence-electron chi connectivity index (χ3n) is 5.44. The van der Waals surface area contributed by atoms with Gasteiger partial charge in [-0.2, -0.15) is 0 Å². The van der Waals surface area contributed by atoms with Crippen molar-refractivity contribution in [2.45, 2.75) is 44.8 Å².